The Bertz CT molecular complexity index is 4540. The summed E-state index contributed by atoms with van der Waals surface area (Å²) >= 11 is 0. The average Bonchev–Trinajstić information content (AvgIpc) is 4.14. The number of fused-ring (bicyclic) bond motifs is 15. The molecule has 0 atom stereocenters. The van der Waals surface area contributed by atoms with E-state index in [4.69, 9.17) is 0 Å². The van der Waals surface area contributed by atoms with E-state index < -0.39 is 0 Å². The van der Waals surface area contributed by atoms with Crippen molar-refractivity contribution in [3.8, 4) is 44.5 Å². The number of para-hydroxylation sites is 4. The third-order valence-electron chi connectivity index (χ3n) is 15.4. The molecule has 4 aromatic heterocycles. The van der Waals surface area contributed by atoms with Gasteiger partial charge in [-0.3, -0.25) is 0 Å². The van der Waals surface area contributed by atoms with E-state index in [1.54, 1.807) is 0 Å². The molecule has 0 aliphatic carbocycles. The molecule has 12 aromatic carbocycles. The van der Waals surface area contributed by atoms with Crippen molar-refractivity contribution >= 4 is 109 Å². The van der Waals surface area contributed by atoms with Gasteiger partial charge in [0.15, 0.2) is 0 Å². The summed E-state index contributed by atoms with van der Waals surface area (Å²) in [6, 6.07) is 86.4. The molecule has 2 nitrogen and oxygen atoms in total. The molecule has 0 N–H and O–H groups in total. The molecule has 0 radical (unpaired) electrons. The minimum atomic E-state index is 1.21. The Morgan fingerprint density at radius 2 is 0.662 bits per heavy atom. The first-order valence-electron chi connectivity index (χ1n) is 23.7. The Morgan fingerprint density at radius 3 is 1.21 bits per heavy atom. The molecule has 0 saturated carbocycles. The van der Waals surface area contributed by atoms with Crippen molar-refractivity contribution in [1.29, 1.82) is 0 Å². The molecule has 0 saturated heterocycles. The summed E-state index contributed by atoms with van der Waals surface area (Å²) in [5.74, 6) is 0. The Hall–Kier alpha value is -8.98. The Labute approximate surface area is 390 Å². The molecule has 16 rings (SSSR count). The van der Waals surface area contributed by atoms with Gasteiger partial charge in [0.25, 0.3) is 0 Å². The Morgan fingerprint density at radius 1 is 0.221 bits per heavy atom. The van der Waals surface area contributed by atoms with Crippen LogP contribution in [-0.4, -0.2) is 8.80 Å². The topological polar surface area (TPSA) is 8.82 Å². The van der Waals surface area contributed by atoms with Crippen LogP contribution in [0.25, 0.3) is 153 Å². The molecule has 0 aliphatic rings. The molecule has 0 amide bonds. The van der Waals surface area contributed by atoms with Gasteiger partial charge in [-0.05, 0) is 119 Å². The summed E-state index contributed by atoms with van der Waals surface area (Å²) in [6.07, 6.45) is 0. The number of benzene rings is 12. The van der Waals surface area contributed by atoms with Crippen molar-refractivity contribution in [3.05, 3.63) is 231 Å². The van der Waals surface area contributed by atoms with E-state index in [1.807, 2.05) is 0 Å². The van der Waals surface area contributed by atoms with Gasteiger partial charge in [0.05, 0.1) is 33.1 Å². The number of hydrogen-bond acceptors (Lipinski definition) is 0. The van der Waals surface area contributed by atoms with Crippen LogP contribution in [0, 0.1) is 0 Å². The Kier molecular flexibility index (Phi) is 7.10. The highest BCUT2D eigenvalue weighted by Gasteiger charge is 2.25. The van der Waals surface area contributed by atoms with Crippen LogP contribution in [0.15, 0.2) is 231 Å². The predicted molar refractivity (Wildman–Crippen MR) is 290 cm³/mol. The maximum atomic E-state index is 2.53. The molecule has 0 aliphatic heterocycles. The van der Waals surface area contributed by atoms with Gasteiger partial charge in [0, 0.05) is 43.1 Å². The van der Waals surface area contributed by atoms with Gasteiger partial charge < -0.3 is 8.80 Å². The number of hydrogen-bond donors (Lipinski definition) is 0. The smallest absolute Gasteiger partial charge is 0.0626 e. The zero-order chi connectivity index (χ0) is 44.2. The minimum Gasteiger partial charge on any atom is -0.308 e. The highest BCUT2D eigenvalue weighted by molar-refractivity contribution is 6.31. The fourth-order valence-electron chi connectivity index (χ4n) is 12.6. The van der Waals surface area contributed by atoms with Crippen molar-refractivity contribution in [2.24, 2.45) is 0 Å². The number of aromatic nitrogens is 2. The third-order valence-corrected chi connectivity index (χ3v) is 15.4. The highest BCUT2D eigenvalue weighted by Crippen LogP contribution is 2.50. The second kappa shape index (κ2) is 13.3. The van der Waals surface area contributed by atoms with Crippen LogP contribution in [0.2, 0.25) is 0 Å². The van der Waals surface area contributed by atoms with Gasteiger partial charge in [-0.1, -0.05) is 188 Å². The normalized spacial score (nSPS) is 12.4. The van der Waals surface area contributed by atoms with E-state index >= 15 is 0 Å². The van der Waals surface area contributed by atoms with E-state index in [1.165, 1.54) is 153 Å². The van der Waals surface area contributed by atoms with Crippen molar-refractivity contribution < 1.29 is 0 Å². The lowest BCUT2D eigenvalue weighted by Gasteiger charge is -2.19. The summed E-state index contributed by atoms with van der Waals surface area (Å²) in [6.45, 7) is 0. The van der Waals surface area contributed by atoms with E-state index in [-0.39, 0.29) is 0 Å². The summed E-state index contributed by atoms with van der Waals surface area (Å²) in [5.41, 5.74) is 17.4. The van der Waals surface area contributed by atoms with Crippen LogP contribution in [0.1, 0.15) is 0 Å². The quantitative estimate of drug-likeness (QED) is 0.156. The van der Waals surface area contributed by atoms with Crippen LogP contribution < -0.4 is 0 Å². The maximum Gasteiger partial charge on any atom is 0.0626 e. The molecule has 0 fully saturated rings. The van der Waals surface area contributed by atoms with Gasteiger partial charge in [0.2, 0.25) is 0 Å². The lowest BCUT2D eigenvalue weighted by molar-refractivity contribution is 1.37. The van der Waals surface area contributed by atoms with E-state index in [0.717, 1.165) is 0 Å². The molecule has 68 heavy (non-hydrogen) atoms. The van der Waals surface area contributed by atoms with Crippen LogP contribution in [0.5, 0.6) is 0 Å². The van der Waals surface area contributed by atoms with Gasteiger partial charge in [-0.25, -0.2) is 0 Å². The van der Waals surface area contributed by atoms with Gasteiger partial charge >= 0.3 is 0 Å². The number of rotatable bonds is 4. The van der Waals surface area contributed by atoms with Crippen molar-refractivity contribution in [3.63, 3.8) is 0 Å². The van der Waals surface area contributed by atoms with Crippen LogP contribution in [0.3, 0.4) is 0 Å². The largest absolute Gasteiger partial charge is 0.308 e. The standard InChI is InChI=1S/C66H38N2/c1-2-16-39(17-3-1)55-37-41(36-40-18-4-5-19-42(40)55)62-47-26-14-24-43(49-32-34-51-45-20-6-10-28-58(45)67-60-30-12-8-22-53(60)63(49)65(51)67)56(47)38-57-44(25-15-27-48(57)62)50-33-35-52-46-21-7-11-29-59(46)68-61-31-13-9-23-54(61)64(50)66(52)68/h1-38H. The van der Waals surface area contributed by atoms with Crippen LogP contribution >= 0.6 is 0 Å². The Balaban J connectivity index is 1.07. The second-order valence-corrected chi connectivity index (χ2v) is 18.7. The molecular formula is C66H38N2. The van der Waals surface area contributed by atoms with E-state index in [9.17, 15) is 0 Å². The van der Waals surface area contributed by atoms with Crippen molar-refractivity contribution in [2.45, 2.75) is 0 Å². The SMILES string of the molecule is c1ccc(-c2cc(-c3c4cccc(-c5ccc6c7ccccc7n7c8ccccc8c5c67)c4cc4c(-c5ccc6c7ccccc7n7c8ccccc8c5c67)cccc34)cc3ccccc23)cc1. The zero-order valence-electron chi connectivity index (χ0n) is 36.8. The van der Waals surface area contributed by atoms with Crippen molar-refractivity contribution in [2.75, 3.05) is 0 Å². The van der Waals surface area contributed by atoms with Gasteiger partial charge in [-0.15, -0.1) is 0 Å². The molecule has 2 heteroatoms. The minimum absolute atomic E-state index is 1.21. The average molecular weight is 859 g/mol. The molecule has 312 valence electrons. The van der Waals surface area contributed by atoms with E-state index in [2.05, 4.69) is 239 Å². The van der Waals surface area contributed by atoms with E-state index in [0.29, 0.717) is 0 Å². The first kappa shape index (κ1) is 36.3. The maximum absolute atomic E-state index is 2.53. The van der Waals surface area contributed by atoms with Gasteiger partial charge in [-0.2, -0.15) is 0 Å². The monoisotopic (exact) mass is 858 g/mol. The first-order chi connectivity index (χ1) is 33.8. The molecule has 4 heterocycles. The first-order valence-corrected chi connectivity index (χ1v) is 23.7. The summed E-state index contributed by atoms with van der Waals surface area (Å²) < 4.78 is 5.00. The molecule has 16 aromatic rings. The predicted octanol–water partition coefficient (Wildman–Crippen LogP) is 18.1. The zero-order valence-corrected chi connectivity index (χ0v) is 36.8. The summed E-state index contributed by atoms with van der Waals surface area (Å²) in [7, 11) is 0. The molecule has 0 bridgehead atoms. The lowest BCUT2D eigenvalue weighted by Crippen LogP contribution is -1.92. The molecular weight excluding hydrogens is 821 g/mol. The fourth-order valence-corrected chi connectivity index (χ4v) is 12.6. The fraction of sp³-hybridized carbons (Fsp3) is 0. The summed E-state index contributed by atoms with van der Waals surface area (Å²) in [4.78, 5) is 0. The number of nitrogens with zero attached hydrogens (tertiary/aromatic N) is 2. The third kappa shape index (κ3) is 4.66. The van der Waals surface area contributed by atoms with Crippen molar-refractivity contribution in [1.82, 2.24) is 8.80 Å². The lowest BCUT2D eigenvalue weighted by atomic mass is 9.84. The molecule has 0 unspecified atom stereocenters. The van der Waals surface area contributed by atoms with Crippen LogP contribution in [-0.2, 0) is 0 Å². The van der Waals surface area contributed by atoms with Gasteiger partial charge in [0.1, 0.15) is 0 Å². The van der Waals surface area contributed by atoms with Crippen LogP contribution in [0.4, 0.5) is 0 Å². The second-order valence-electron chi connectivity index (χ2n) is 18.7. The molecule has 0 spiro atoms. The highest BCUT2D eigenvalue weighted by atomic mass is 14.9. The summed E-state index contributed by atoms with van der Waals surface area (Å²) in [5, 5.41) is 17.8.